The molecule has 0 saturated carbocycles. The zero-order valence-electron chi connectivity index (χ0n) is 15.5. The molecule has 2 heterocycles. The van der Waals surface area contributed by atoms with Gasteiger partial charge in [-0.25, -0.2) is 4.98 Å². The fraction of sp³-hybridized carbons (Fsp3) is 0.524. The van der Waals surface area contributed by atoms with E-state index in [-0.39, 0.29) is 5.91 Å². The Hall–Kier alpha value is -2.10. The highest BCUT2D eigenvalue weighted by atomic mass is 16.3. The second kappa shape index (κ2) is 7.85. The van der Waals surface area contributed by atoms with Gasteiger partial charge in [0.25, 0.3) is 0 Å². The molecule has 134 valence electrons. The van der Waals surface area contributed by atoms with Crippen LogP contribution in [0.1, 0.15) is 74.6 Å². The summed E-state index contributed by atoms with van der Waals surface area (Å²) in [6.07, 6.45) is 5.35. The Balaban J connectivity index is 1.53. The average Bonchev–Trinajstić information content (AvgIpc) is 3.23. The van der Waals surface area contributed by atoms with Crippen LogP contribution in [0.5, 0.6) is 0 Å². The molecule has 2 aromatic rings. The van der Waals surface area contributed by atoms with Crippen molar-refractivity contribution in [1.29, 1.82) is 0 Å². The molecule has 0 spiro atoms. The lowest BCUT2D eigenvalue weighted by molar-refractivity contribution is -0.128. The number of rotatable bonds is 7. The Kier molecular flexibility index (Phi) is 5.57. The van der Waals surface area contributed by atoms with Crippen molar-refractivity contribution in [2.75, 3.05) is 6.54 Å². The van der Waals surface area contributed by atoms with E-state index in [1.165, 1.54) is 11.1 Å². The molecule has 0 N–H and O–H groups in total. The predicted octanol–water partition coefficient (Wildman–Crippen LogP) is 4.66. The molecule has 1 fully saturated rings. The molecule has 0 aliphatic carbocycles. The first-order valence-electron chi connectivity index (χ1n) is 9.34. The van der Waals surface area contributed by atoms with Crippen molar-refractivity contribution in [3.8, 4) is 0 Å². The van der Waals surface area contributed by atoms with E-state index in [4.69, 9.17) is 4.42 Å². The third-order valence-electron chi connectivity index (χ3n) is 5.05. The molecule has 25 heavy (non-hydrogen) atoms. The van der Waals surface area contributed by atoms with E-state index in [0.29, 0.717) is 18.3 Å². The highest BCUT2D eigenvalue weighted by Crippen LogP contribution is 2.23. The molecule has 4 nitrogen and oxygen atoms in total. The Bertz CT molecular complexity index is 703. The monoisotopic (exact) mass is 340 g/mol. The average molecular weight is 340 g/mol. The van der Waals surface area contributed by atoms with E-state index in [2.05, 4.69) is 50.0 Å². The molecule has 0 radical (unpaired) electrons. The summed E-state index contributed by atoms with van der Waals surface area (Å²) in [5.41, 5.74) is 3.57. The number of hydrogen-bond donors (Lipinski definition) is 0. The van der Waals surface area contributed by atoms with Crippen LogP contribution < -0.4 is 0 Å². The van der Waals surface area contributed by atoms with Crippen molar-refractivity contribution in [1.82, 2.24) is 9.88 Å². The summed E-state index contributed by atoms with van der Waals surface area (Å²) in [5.74, 6) is 1.98. The third-order valence-corrected chi connectivity index (χ3v) is 5.05. The number of oxazole rings is 1. The van der Waals surface area contributed by atoms with Crippen LogP contribution in [-0.4, -0.2) is 22.3 Å². The number of hydrogen-bond acceptors (Lipinski definition) is 3. The quantitative estimate of drug-likeness (QED) is 0.736. The summed E-state index contributed by atoms with van der Waals surface area (Å²) in [7, 11) is 0. The van der Waals surface area contributed by atoms with Gasteiger partial charge in [-0.15, -0.1) is 0 Å². The highest BCUT2D eigenvalue weighted by molar-refractivity contribution is 5.78. The molecule has 1 aliphatic heterocycles. The summed E-state index contributed by atoms with van der Waals surface area (Å²) >= 11 is 0. The van der Waals surface area contributed by atoms with Gasteiger partial charge >= 0.3 is 0 Å². The molecule has 1 amide bonds. The van der Waals surface area contributed by atoms with Gasteiger partial charge < -0.3 is 9.32 Å². The minimum Gasteiger partial charge on any atom is -0.449 e. The summed E-state index contributed by atoms with van der Waals surface area (Å²) in [6.45, 7) is 8.13. The van der Waals surface area contributed by atoms with Gasteiger partial charge in [-0.1, -0.05) is 45.0 Å². The lowest BCUT2D eigenvalue weighted by Crippen LogP contribution is -2.23. The zero-order chi connectivity index (χ0) is 17.8. The van der Waals surface area contributed by atoms with Gasteiger partial charge in [0.15, 0.2) is 5.89 Å². The summed E-state index contributed by atoms with van der Waals surface area (Å²) < 4.78 is 5.57. The number of aromatic nitrogens is 1. The standard InChI is InChI=1S/C21H28N2O2/c1-15(2)19-14-25-20(22-19)11-6-16(3)18-9-7-17(8-10-18)13-23-12-4-5-21(23)24/h7-10,14-16H,4-6,11-13H2,1-3H3. The van der Waals surface area contributed by atoms with Crippen LogP contribution in [0, 0.1) is 0 Å². The van der Waals surface area contributed by atoms with Gasteiger partial charge in [0.1, 0.15) is 6.26 Å². The van der Waals surface area contributed by atoms with Crippen LogP contribution >= 0.6 is 0 Å². The maximum atomic E-state index is 11.7. The minimum absolute atomic E-state index is 0.282. The predicted molar refractivity (Wildman–Crippen MR) is 98.4 cm³/mol. The van der Waals surface area contributed by atoms with E-state index in [9.17, 15) is 4.79 Å². The largest absolute Gasteiger partial charge is 0.449 e. The van der Waals surface area contributed by atoms with Crippen LogP contribution in [-0.2, 0) is 17.8 Å². The fourth-order valence-electron chi connectivity index (χ4n) is 3.25. The van der Waals surface area contributed by atoms with Crippen LogP contribution in [0.3, 0.4) is 0 Å². The normalized spacial score (nSPS) is 16.0. The van der Waals surface area contributed by atoms with Crippen LogP contribution in [0.4, 0.5) is 0 Å². The van der Waals surface area contributed by atoms with Crippen LogP contribution in [0.2, 0.25) is 0 Å². The molecule has 1 atom stereocenters. The maximum Gasteiger partial charge on any atom is 0.222 e. The second-order valence-corrected chi connectivity index (χ2v) is 7.42. The number of carbonyl (C=O) groups is 1. The first-order chi connectivity index (χ1) is 12.0. The SMILES string of the molecule is CC(C)c1coc(CCC(C)c2ccc(CN3CCCC3=O)cc2)n1. The fourth-order valence-corrected chi connectivity index (χ4v) is 3.25. The summed E-state index contributed by atoms with van der Waals surface area (Å²) in [5, 5.41) is 0. The zero-order valence-corrected chi connectivity index (χ0v) is 15.5. The van der Waals surface area contributed by atoms with Crippen molar-refractivity contribution < 1.29 is 9.21 Å². The summed E-state index contributed by atoms with van der Waals surface area (Å²) in [6, 6.07) is 8.68. The van der Waals surface area contributed by atoms with Crippen molar-refractivity contribution in [3.05, 3.63) is 53.2 Å². The van der Waals surface area contributed by atoms with Crippen molar-refractivity contribution >= 4 is 5.91 Å². The van der Waals surface area contributed by atoms with E-state index in [1.807, 2.05) is 4.90 Å². The Morgan fingerprint density at radius 1 is 1.20 bits per heavy atom. The number of aryl methyl sites for hydroxylation is 1. The maximum absolute atomic E-state index is 11.7. The Morgan fingerprint density at radius 3 is 2.56 bits per heavy atom. The smallest absolute Gasteiger partial charge is 0.222 e. The first kappa shape index (κ1) is 17.7. The second-order valence-electron chi connectivity index (χ2n) is 7.42. The first-order valence-corrected chi connectivity index (χ1v) is 9.34. The molecular weight excluding hydrogens is 312 g/mol. The van der Waals surface area contributed by atoms with Crippen molar-refractivity contribution in [3.63, 3.8) is 0 Å². The van der Waals surface area contributed by atoms with Crippen LogP contribution in [0.25, 0.3) is 0 Å². The van der Waals surface area contributed by atoms with Gasteiger partial charge in [-0.05, 0) is 35.8 Å². The number of likely N-dealkylation sites (tertiary alicyclic amines) is 1. The van der Waals surface area contributed by atoms with Crippen molar-refractivity contribution in [2.24, 2.45) is 0 Å². The molecule has 1 aliphatic rings. The van der Waals surface area contributed by atoms with Gasteiger partial charge in [-0.3, -0.25) is 4.79 Å². The molecule has 1 aromatic carbocycles. The van der Waals surface area contributed by atoms with E-state index >= 15 is 0 Å². The topological polar surface area (TPSA) is 46.3 Å². The molecule has 3 rings (SSSR count). The minimum atomic E-state index is 0.282. The Labute approximate surface area is 150 Å². The number of carbonyl (C=O) groups excluding carboxylic acids is 1. The molecule has 0 bridgehead atoms. The van der Waals surface area contributed by atoms with Gasteiger partial charge in [-0.2, -0.15) is 0 Å². The van der Waals surface area contributed by atoms with Gasteiger partial charge in [0.05, 0.1) is 5.69 Å². The number of nitrogens with zero attached hydrogens (tertiary/aromatic N) is 2. The van der Waals surface area contributed by atoms with E-state index in [1.54, 1.807) is 6.26 Å². The molecular formula is C21H28N2O2. The molecule has 1 unspecified atom stereocenters. The van der Waals surface area contributed by atoms with Gasteiger partial charge in [0, 0.05) is 25.9 Å². The van der Waals surface area contributed by atoms with Crippen molar-refractivity contribution in [2.45, 2.75) is 64.8 Å². The highest BCUT2D eigenvalue weighted by Gasteiger charge is 2.20. The Morgan fingerprint density at radius 2 is 1.96 bits per heavy atom. The molecule has 4 heteroatoms. The molecule has 1 aromatic heterocycles. The van der Waals surface area contributed by atoms with E-state index < -0.39 is 0 Å². The summed E-state index contributed by atoms with van der Waals surface area (Å²) in [4.78, 5) is 18.2. The third kappa shape index (κ3) is 4.50. The van der Waals surface area contributed by atoms with E-state index in [0.717, 1.165) is 43.9 Å². The lowest BCUT2D eigenvalue weighted by atomic mass is 9.95. The molecule has 1 saturated heterocycles. The van der Waals surface area contributed by atoms with Crippen LogP contribution in [0.15, 0.2) is 34.9 Å². The van der Waals surface area contributed by atoms with Gasteiger partial charge in [0.2, 0.25) is 5.91 Å². The number of benzene rings is 1. The lowest BCUT2D eigenvalue weighted by Gasteiger charge is -2.16. The number of amides is 1.